The van der Waals surface area contributed by atoms with Gasteiger partial charge in [-0.05, 0) is 44.4 Å². The summed E-state index contributed by atoms with van der Waals surface area (Å²) in [6.45, 7) is 4.27. The van der Waals surface area contributed by atoms with E-state index in [2.05, 4.69) is 22.9 Å². The number of imidazole rings is 1. The van der Waals surface area contributed by atoms with Gasteiger partial charge in [0.1, 0.15) is 5.82 Å². The molecule has 1 aliphatic rings. The van der Waals surface area contributed by atoms with Crippen LogP contribution in [0.25, 0.3) is 11.0 Å². The lowest BCUT2D eigenvalue weighted by Gasteiger charge is -2.17. The maximum absolute atomic E-state index is 12.3. The molecular weight excluding hydrogens is 359 g/mol. The molecule has 3 N–H and O–H groups in total. The third-order valence-corrected chi connectivity index (χ3v) is 5.00. The van der Waals surface area contributed by atoms with E-state index in [9.17, 15) is 4.79 Å². The second-order valence-corrected chi connectivity index (χ2v) is 6.34. The standard InChI is InChI=1S/C18H26N4O.2ClH/c1-2-22-16-9-4-3-8-15(16)21-17(22)10-11-20-18(23)14-7-5-6-13(14)12-19;;/h3-4,8-9,13-14H,2,5-7,10-12,19H2,1H3,(H,20,23);2*1H/t13-,14-;;/m1../s1. The van der Waals surface area contributed by atoms with E-state index in [1.807, 2.05) is 18.2 Å². The van der Waals surface area contributed by atoms with Crippen LogP contribution in [0.1, 0.15) is 32.0 Å². The molecule has 1 aromatic heterocycles. The van der Waals surface area contributed by atoms with Gasteiger partial charge in [0.05, 0.1) is 11.0 Å². The molecule has 0 saturated heterocycles. The van der Waals surface area contributed by atoms with Crippen LogP contribution in [-0.2, 0) is 17.8 Å². The molecule has 5 nitrogen and oxygen atoms in total. The lowest BCUT2D eigenvalue weighted by Crippen LogP contribution is -2.36. The molecule has 1 aliphatic carbocycles. The van der Waals surface area contributed by atoms with Gasteiger partial charge in [0.2, 0.25) is 5.91 Å². The second kappa shape index (κ2) is 10.00. The highest BCUT2D eigenvalue weighted by Crippen LogP contribution is 2.30. The Kier molecular flexibility index (Phi) is 8.69. The number of rotatable bonds is 6. The zero-order valence-corrected chi connectivity index (χ0v) is 16.2. The molecule has 2 aromatic rings. The van der Waals surface area contributed by atoms with Crippen LogP contribution in [0, 0.1) is 11.8 Å². The molecule has 0 spiro atoms. The van der Waals surface area contributed by atoms with E-state index in [4.69, 9.17) is 10.7 Å². The van der Waals surface area contributed by atoms with Crippen molar-refractivity contribution < 1.29 is 4.79 Å². The fourth-order valence-corrected chi connectivity index (χ4v) is 3.76. The molecule has 2 atom stereocenters. The van der Waals surface area contributed by atoms with Gasteiger partial charge in [-0.3, -0.25) is 4.79 Å². The number of para-hydroxylation sites is 2. The fraction of sp³-hybridized carbons (Fsp3) is 0.556. The number of hydrogen-bond donors (Lipinski definition) is 2. The maximum atomic E-state index is 12.3. The molecular formula is C18H28Cl2N4O. The minimum absolute atomic E-state index is 0. The minimum atomic E-state index is 0. The quantitative estimate of drug-likeness (QED) is 0.801. The number of aryl methyl sites for hydroxylation is 1. The summed E-state index contributed by atoms with van der Waals surface area (Å²) in [6.07, 6.45) is 3.93. The smallest absolute Gasteiger partial charge is 0.223 e. The van der Waals surface area contributed by atoms with Crippen molar-refractivity contribution in [3.63, 3.8) is 0 Å². The summed E-state index contributed by atoms with van der Waals surface area (Å²) < 4.78 is 2.22. The van der Waals surface area contributed by atoms with Gasteiger partial charge in [0.15, 0.2) is 0 Å². The second-order valence-electron chi connectivity index (χ2n) is 6.34. The van der Waals surface area contributed by atoms with Crippen LogP contribution >= 0.6 is 24.8 Å². The van der Waals surface area contributed by atoms with Gasteiger partial charge in [-0.15, -0.1) is 24.8 Å². The summed E-state index contributed by atoms with van der Waals surface area (Å²) in [7, 11) is 0. The van der Waals surface area contributed by atoms with Gasteiger partial charge >= 0.3 is 0 Å². The molecule has 25 heavy (non-hydrogen) atoms. The van der Waals surface area contributed by atoms with Crippen molar-refractivity contribution in [2.75, 3.05) is 13.1 Å². The molecule has 0 aliphatic heterocycles. The number of nitrogens with one attached hydrogen (secondary N) is 1. The van der Waals surface area contributed by atoms with E-state index < -0.39 is 0 Å². The average Bonchev–Trinajstić information content (AvgIpc) is 3.18. The van der Waals surface area contributed by atoms with E-state index in [1.54, 1.807) is 0 Å². The van der Waals surface area contributed by atoms with Gasteiger partial charge < -0.3 is 15.6 Å². The molecule has 1 fully saturated rings. The summed E-state index contributed by atoms with van der Waals surface area (Å²) in [5.74, 6) is 1.66. The van der Waals surface area contributed by atoms with Gasteiger partial charge in [0.25, 0.3) is 0 Å². The van der Waals surface area contributed by atoms with Crippen LogP contribution in [0.15, 0.2) is 24.3 Å². The SMILES string of the molecule is CCn1c(CCNC(=O)[C@@H]2CCC[C@@H]2CN)nc2ccccc21.Cl.Cl. The van der Waals surface area contributed by atoms with Gasteiger partial charge in [-0.2, -0.15) is 0 Å². The first kappa shape index (κ1) is 21.7. The lowest BCUT2D eigenvalue weighted by atomic mass is 9.95. The summed E-state index contributed by atoms with van der Waals surface area (Å²) in [6, 6.07) is 8.18. The number of nitrogens with zero attached hydrogens (tertiary/aromatic N) is 2. The molecule has 1 amide bonds. The monoisotopic (exact) mass is 386 g/mol. The predicted molar refractivity (Wildman–Crippen MR) is 107 cm³/mol. The first-order valence-electron chi connectivity index (χ1n) is 8.66. The van der Waals surface area contributed by atoms with Crippen LogP contribution in [0.5, 0.6) is 0 Å². The fourth-order valence-electron chi connectivity index (χ4n) is 3.76. The Morgan fingerprint density at radius 3 is 2.80 bits per heavy atom. The highest BCUT2D eigenvalue weighted by molar-refractivity contribution is 5.85. The number of halogens is 2. The molecule has 7 heteroatoms. The van der Waals surface area contributed by atoms with Crippen molar-refractivity contribution >= 4 is 41.8 Å². The Bertz CT molecular complexity index is 689. The number of carbonyl (C=O) groups excluding carboxylic acids is 1. The minimum Gasteiger partial charge on any atom is -0.355 e. The summed E-state index contributed by atoms with van der Waals surface area (Å²) in [4.78, 5) is 17.0. The van der Waals surface area contributed by atoms with Crippen molar-refractivity contribution in [1.29, 1.82) is 0 Å². The maximum Gasteiger partial charge on any atom is 0.223 e. The summed E-state index contributed by atoms with van der Waals surface area (Å²) in [5.41, 5.74) is 7.95. The number of aromatic nitrogens is 2. The Balaban J connectivity index is 0.00000156. The van der Waals surface area contributed by atoms with E-state index in [1.165, 1.54) is 0 Å². The van der Waals surface area contributed by atoms with E-state index in [0.717, 1.165) is 49.1 Å². The van der Waals surface area contributed by atoms with Crippen molar-refractivity contribution in [2.24, 2.45) is 17.6 Å². The average molecular weight is 387 g/mol. The number of fused-ring (bicyclic) bond motifs is 1. The van der Waals surface area contributed by atoms with Crippen LogP contribution in [0.3, 0.4) is 0 Å². The van der Waals surface area contributed by atoms with Crippen molar-refractivity contribution in [2.45, 2.75) is 39.2 Å². The number of benzene rings is 1. The van der Waals surface area contributed by atoms with Crippen LogP contribution in [0.4, 0.5) is 0 Å². The van der Waals surface area contributed by atoms with Crippen molar-refractivity contribution in [3.05, 3.63) is 30.1 Å². The molecule has 3 rings (SSSR count). The number of hydrogen-bond acceptors (Lipinski definition) is 3. The molecule has 0 bridgehead atoms. The third-order valence-electron chi connectivity index (χ3n) is 5.00. The lowest BCUT2D eigenvalue weighted by molar-refractivity contribution is -0.125. The largest absolute Gasteiger partial charge is 0.355 e. The van der Waals surface area contributed by atoms with Crippen LogP contribution < -0.4 is 11.1 Å². The molecule has 0 radical (unpaired) electrons. The predicted octanol–water partition coefficient (Wildman–Crippen LogP) is 2.93. The first-order valence-corrected chi connectivity index (χ1v) is 8.66. The molecule has 1 saturated carbocycles. The number of nitrogens with two attached hydrogens (primary N) is 1. The Morgan fingerprint density at radius 2 is 2.08 bits per heavy atom. The van der Waals surface area contributed by atoms with E-state index in [-0.39, 0.29) is 36.6 Å². The van der Waals surface area contributed by atoms with Crippen molar-refractivity contribution in [1.82, 2.24) is 14.9 Å². The molecule has 1 heterocycles. The number of carbonyl (C=O) groups is 1. The Labute approximate surface area is 161 Å². The normalized spacial score (nSPS) is 19.3. The topological polar surface area (TPSA) is 72.9 Å². The zero-order valence-electron chi connectivity index (χ0n) is 14.6. The Hall–Kier alpha value is -1.30. The van der Waals surface area contributed by atoms with Crippen molar-refractivity contribution in [3.8, 4) is 0 Å². The van der Waals surface area contributed by atoms with Gasteiger partial charge in [-0.25, -0.2) is 4.98 Å². The molecule has 140 valence electrons. The summed E-state index contributed by atoms with van der Waals surface area (Å²) in [5, 5.41) is 3.09. The molecule has 1 aromatic carbocycles. The molecule has 0 unspecified atom stereocenters. The number of amides is 1. The van der Waals surface area contributed by atoms with E-state index in [0.29, 0.717) is 19.0 Å². The highest BCUT2D eigenvalue weighted by atomic mass is 35.5. The van der Waals surface area contributed by atoms with E-state index >= 15 is 0 Å². The van der Waals surface area contributed by atoms with Gasteiger partial charge in [-0.1, -0.05) is 18.6 Å². The Morgan fingerprint density at radius 1 is 1.32 bits per heavy atom. The van der Waals surface area contributed by atoms with Gasteiger partial charge in [0, 0.05) is 25.4 Å². The first-order chi connectivity index (χ1) is 11.2. The highest BCUT2D eigenvalue weighted by Gasteiger charge is 2.31. The van der Waals surface area contributed by atoms with Crippen LogP contribution in [-0.4, -0.2) is 28.5 Å². The summed E-state index contributed by atoms with van der Waals surface area (Å²) >= 11 is 0. The third kappa shape index (κ3) is 4.66. The van der Waals surface area contributed by atoms with Crippen LogP contribution in [0.2, 0.25) is 0 Å². The zero-order chi connectivity index (χ0) is 16.2.